The van der Waals surface area contributed by atoms with Crippen LogP contribution in [0.4, 0.5) is 0 Å². The number of aliphatic carboxylic acids is 1. The Morgan fingerprint density at radius 3 is 2.53 bits per heavy atom. The Morgan fingerprint density at radius 2 is 2.05 bits per heavy atom. The second-order valence-electron chi connectivity index (χ2n) is 4.16. The van der Waals surface area contributed by atoms with E-state index in [0.29, 0.717) is 0 Å². The molecule has 0 saturated carbocycles. The highest BCUT2D eigenvalue weighted by atomic mass is 79.9. The Morgan fingerprint density at radius 1 is 1.47 bits per heavy atom. The first-order chi connectivity index (χ1) is 8.81. The molecule has 8 heteroatoms. The van der Waals surface area contributed by atoms with Crippen molar-refractivity contribution in [1.82, 2.24) is 9.13 Å². The summed E-state index contributed by atoms with van der Waals surface area (Å²) in [6.45, 7) is 3.19. The van der Waals surface area contributed by atoms with E-state index < -0.39 is 29.3 Å². The van der Waals surface area contributed by atoms with Gasteiger partial charge in [0.25, 0.3) is 5.56 Å². The van der Waals surface area contributed by atoms with E-state index in [1.54, 1.807) is 6.92 Å². The molecule has 0 saturated heterocycles. The highest BCUT2D eigenvalue weighted by Crippen LogP contribution is 2.08. The van der Waals surface area contributed by atoms with Gasteiger partial charge < -0.3 is 9.84 Å². The van der Waals surface area contributed by atoms with Crippen LogP contribution in [0.3, 0.4) is 0 Å². The van der Waals surface area contributed by atoms with Gasteiger partial charge in [-0.15, -0.1) is 0 Å². The zero-order valence-corrected chi connectivity index (χ0v) is 12.4. The molecule has 0 amide bonds. The number of carboxylic acids is 1. The highest BCUT2D eigenvalue weighted by Gasteiger charge is 2.21. The lowest BCUT2D eigenvalue weighted by Gasteiger charge is -2.18. The van der Waals surface area contributed by atoms with E-state index >= 15 is 0 Å². The number of rotatable bonds is 5. The molecule has 2 atom stereocenters. The molecule has 1 aromatic heterocycles. The summed E-state index contributed by atoms with van der Waals surface area (Å²) in [7, 11) is 1.46. The van der Waals surface area contributed by atoms with Crippen LogP contribution in [0.25, 0.3) is 0 Å². The first-order valence-electron chi connectivity index (χ1n) is 5.56. The Balaban J connectivity index is 3.52. The Bertz CT molecular complexity index is 592. The third-order valence-electron chi connectivity index (χ3n) is 2.73. The maximum Gasteiger partial charge on any atom is 0.332 e. The Labute approximate surface area is 117 Å². The molecule has 0 radical (unpaired) electrons. The fourth-order valence-electron chi connectivity index (χ4n) is 1.66. The molecule has 1 rings (SSSR count). The van der Waals surface area contributed by atoms with E-state index in [0.717, 1.165) is 9.13 Å². The fourth-order valence-corrected chi connectivity index (χ4v) is 2.07. The molecule has 1 aromatic rings. The van der Waals surface area contributed by atoms with Gasteiger partial charge in [-0.2, -0.15) is 0 Å². The van der Waals surface area contributed by atoms with Crippen molar-refractivity contribution in [3.8, 4) is 0 Å². The Hall–Kier alpha value is -1.41. The number of halogens is 1. The molecule has 0 spiro atoms. The van der Waals surface area contributed by atoms with E-state index in [-0.39, 0.29) is 11.1 Å². The average molecular weight is 335 g/mol. The normalized spacial score (nSPS) is 14.1. The first kappa shape index (κ1) is 15.6. The van der Waals surface area contributed by atoms with Crippen LogP contribution in [0.2, 0.25) is 0 Å². The SMILES string of the molecule is COC[C@@H](C)n1c(=O)c(Br)cn(C(C)C(=O)O)c1=O. The largest absolute Gasteiger partial charge is 0.480 e. The first-order valence-corrected chi connectivity index (χ1v) is 6.35. The van der Waals surface area contributed by atoms with Crippen LogP contribution >= 0.6 is 15.9 Å². The number of ether oxygens (including phenoxy) is 1. The second-order valence-corrected chi connectivity index (χ2v) is 5.01. The van der Waals surface area contributed by atoms with Gasteiger partial charge in [0.05, 0.1) is 17.1 Å². The summed E-state index contributed by atoms with van der Waals surface area (Å²) >= 11 is 3.04. The predicted octanol–water partition coefficient (Wildman–Crippen LogP) is 0.626. The third-order valence-corrected chi connectivity index (χ3v) is 3.27. The maximum absolute atomic E-state index is 12.2. The Kier molecular flexibility index (Phi) is 5.07. The van der Waals surface area contributed by atoms with Crippen LogP contribution < -0.4 is 11.2 Å². The standard InChI is InChI=1S/C11H15BrN2O5/c1-6(5-19-3)14-9(15)8(12)4-13(11(14)18)7(2)10(16)17/h4,6-7H,5H2,1-3H3,(H,16,17)/t6-,7?/m1/s1. The zero-order valence-electron chi connectivity index (χ0n) is 10.8. The third kappa shape index (κ3) is 3.13. The highest BCUT2D eigenvalue weighted by molar-refractivity contribution is 9.10. The van der Waals surface area contributed by atoms with E-state index in [1.165, 1.54) is 20.2 Å². The molecule has 19 heavy (non-hydrogen) atoms. The summed E-state index contributed by atoms with van der Waals surface area (Å²) in [6.07, 6.45) is 1.19. The van der Waals surface area contributed by atoms with Crippen molar-refractivity contribution in [2.24, 2.45) is 0 Å². The number of aromatic nitrogens is 2. The van der Waals surface area contributed by atoms with Crippen LogP contribution in [-0.2, 0) is 9.53 Å². The molecular weight excluding hydrogens is 320 g/mol. The smallest absolute Gasteiger partial charge is 0.332 e. The molecule has 0 fully saturated rings. The van der Waals surface area contributed by atoms with Crippen LogP contribution in [0.5, 0.6) is 0 Å². The van der Waals surface area contributed by atoms with Gasteiger partial charge in [0.15, 0.2) is 0 Å². The lowest BCUT2D eigenvalue weighted by Crippen LogP contribution is -2.44. The fraction of sp³-hybridized carbons (Fsp3) is 0.545. The van der Waals surface area contributed by atoms with Crippen LogP contribution in [0, 0.1) is 0 Å². The molecule has 0 aliphatic heterocycles. The van der Waals surface area contributed by atoms with E-state index in [9.17, 15) is 14.4 Å². The molecule has 0 bridgehead atoms. The van der Waals surface area contributed by atoms with Gasteiger partial charge in [-0.05, 0) is 29.8 Å². The van der Waals surface area contributed by atoms with Gasteiger partial charge >= 0.3 is 11.7 Å². The average Bonchev–Trinajstić information content (AvgIpc) is 2.33. The number of methoxy groups -OCH3 is 1. The molecule has 7 nitrogen and oxygen atoms in total. The van der Waals surface area contributed by atoms with Crippen molar-refractivity contribution in [1.29, 1.82) is 0 Å². The molecule has 0 aromatic carbocycles. The molecule has 0 aliphatic carbocycles. The summed E-state index contributed by atoms with van der Waals surface area (Å²) in [5.41, 5.74) is -1.18. The molecule has 1 unspecified atom stereocenters. The van der Waals surface area contributed by atoms with E-state index in [2.05, 4.69) is 15.9 Å². The monoisotopic (exact) mass is 334 g/mol. The minimum Gasteiger partial charge on any atom is -0.480 e. The number of carbonyl (C=O) groups is 1. The molecule has 106 valence electrons. The maximum atomic E-state index is 12.2. The van der Waals surface area contributed by atoms with Crippen molar-refractivity contribution >= 4 is 21.9 Å². The minimum atomic E-state index is -1.15. The van der Waals surface area contributed by atoms with Gasteiger partial charge in [-0.1, -0.05) is 0 Å². The van der Waals surface area contributed by atoms with E-state index in [1.807, 2.05) is 0 Å². The summed E-state index contributed by atoms with van der Waals surface area (Å²) < 4.78 is 7.02. The molecule has 1 N–H and O–H groups in total. The van der Waals surface area contributed by atoms with Gasteiger partial charge in [0, 0.05) is 13.3 Å². The lowest BCUT2D eigenvalue weighted by molar-refractivity contribution is -0.140. The minimum absolute atomic E-state index is 0.128. The lowest BCUT2D eigenvalue weighted by atomic mass is 10.3. The van der Waals surface area contributed by atoms with Crippen molar-refractivity contribution < 1.29 is 14.6 Å². The quantitative estimate of drug-likeness (QED) is 0.852. The van der Waals surface area contributed by atoms with Crippen molar-refractivity contribution in [3.05, 3.63) is 31.5 Å². The van der Waals surface area contributed by atoms with Gasteiger partial charge in [-0.25, -0.2) is 9.59 Å². The van der Waals surface area contributed by atoms with Gasteiger partial charge in [0.2, 0.25) is 0 Å². The van der Waals surface area contributed by atoms with Crippen LogP contribution in [0.15, 0.2) is 20.3 Å². The number of carboxylic acid groups (broad SMARTS) is 1. The molecule has 0 aliphatic rings. The number of hydrogen-bond donors (Lipinski definition) is 1. The summed E-state index contributed by atoms with van der Waals surface area (Å²) in [5, 5.41) is 8.97. The summed E-state index contributed by atoms with van der Waals surface area (Å²) in [6, 6.07) is -1.56. The number of nitrogens with zero attached hydrogens (tertiary/aromatic N) is 2. The van der Waals surface area contributed by atoms with Crippen LogP contribution in [-0.4, -0.2) is 33.9 Å². The predicted molar refractivity (Wildman–Crippen MR) is 71.6 cm³/mol. The van der Waals surface area contributed by atoms with Gasteiger partial charge in [0.1, 0.15) is 6.04 Å². The van der Waals surface area contributed by atoms with E-state index in [4.69, 9.17) is 9.84 Å². The molecular formula is C11H15BrN2O5. The van der Waals surface area contributed by atoms with Crippen molar-refractivity contribution in [2.75, 3.05) is 13.7 Å². The topological polar surface area (TPSA) is 90.5 Å². The summed E-state index contributed by atoms with van der Waals surface area (Å²) in [4.78, 5) is 35.1. The number of hydrogen-bond acceptors (Lipinski definition) is 4. The summed E-state index contributed by atoms with van der Waals surface area (Å²) in [5.74, 6) is -1.15. The van der Waals surface area contributed by atoms with Gasteiger partial charge in [-0.3, -0.25) is 13.9 Å². The van der Waals surface area contributed by atoms with Crippen LogP contribution in [0.1, 0.15) is 25.9 Å². The molecule has 1 heterocycles. The second kappa shape index (κ2) is 6.16. The zero-order chi connectivity index (χ0) is 14.7. The van der Waals surface area contributed by atoms with Crippen molar-refractivity contribution in [2.45, 2.75) is 25.9 Å². The van der Waals surface area contributed by atoms with Crippen molar-refractivity contribution in [3.63, 3.8) is 0 Å².